The highest BCUT2D eigenvalue weighted by Crippen LogP contribution is 2.11. The van der Waals surface area contributed by atoms with E-state index < -0.39 is 12.0 Å². The molecule has 170 valence electrons. The summed E-state index contributed by atoms with van der Waals surface area (Å²) in [6.07, 6.45) is 2.93. The Labute approximate surface area is 182 Å². The Bertz CT molecular complexity index is 779. The largest absolute Gasteiger partial charge is 0.497 e. The van der Waals surface area contributed by atoms with Gasteiger partial charge in [-0.25, -0.2) is 0 Å². The van der Waals surface area contributed by atoms with Crippen molar-refractivity contribution < 1.29 is 24.2 Å². The molecule has 8 N–H and O–H groups in total. The summed E-state index contributed by atoms with van der Waals surface area (Å²) in [6.45, 7) is 2.04. The number of unbranched alkanes of at least 4 members (excludes halogenated alkanes) is 1. The van der Waals surface area contributed by atoms with Gasteiger partial charge in [-0.3, -0.25) is 14.4 Å². The quantitative estimate of drug-likeness (QED) is 0.240. The number of carbonyl (C=O) groups is 3. The van der Waals surface area contributed by atoms with Gasteiger partial charge in [0, 0.05) is 23.9 Å². The molecular formula is C22H32N4O5. The summed E-state index contributed by atoms with van der Waals surface area (Å²) in [5.41, 5.74) is 17.9. The highest BCUT2D eigenvalue weighted by atomic mass is 16.5. The van der Waals surface area contributed by atoms with E-state index >= 15 is 0 Å². The van der Waals surface area contributed by atoms with Crippen LogP contribution in [0.2, 0.25) is 0 Å². The van der Waals surface area contributed by atoms with Crippen LogP contribution in [0.1, 0.15) is 36.5 Å². The number of methoxy groups -OCH3 is 1. The number of hydrogen-bond donors (Lipinski definition) is 5. The van der Waals surface area contributed by atoms with Crippen LogP contribution in [0.4, 0.5) is 11.4 Å². The van der Waals surface area contributed by atoms with E-state index in [1.807, 2.05) is 12.1 Å². The Morgan fingerprint density at radius 1 is 1.10 bits per heavy atom. The molecule has 0 saturated heterocycles. The van der Waals surface area contributed by atoms with E-state index in [4.69, 9.17) is 27.0 Å². The van der Waals surface area contributed by atoms with Crippen molar-refractivity contribution in [2.75, 3.05) is 24.7 Å². The van der Waals surface area contributed by atoms with E-state index in [2.05, 4.69) is 5.32 Å². The van der Waals surface area contributed by atoms with Gasteiger partial charge in [0.15, 0.2) is 0 Å². The molecule has 0 aliphatic rings. The van der Waals surface area contributed by atoms with Crippen molar-refractivity contribution in [1.82, 2.24) is 0 Å². The number of hydrogen-bond acceptors (Lipinski definition) is 7. The second-order valence-electron chi connectivity index (χ2n) is 6.42. The summed E-state index contributed by atoms with van der Waals surface area (Å²) in [6, 6.07) is 13.2. The first kappa shape index (κ1) is 27.6. The first-order chi connectivity index (χ1) is 14.7. The van der Waals surface area contributed by atoms with E-state index in [9.17, 15) is 14.4 Å². The second-order valence-corrected chi connectivity index (χ2v) is 6.42. The van der Waals surface area contributed by atoms with Gasteiger partial charge in [-0.1, -0.05) is 6.42 Å². The maximum atomic E-state index is 10.6. The van der Waals surface area contributed by atoms with E-state index in [1.165, 1.54) is 6.92 Å². The number of carboxylic acids is 1. The number of aldehydes is 1. The zero-order valence-corrected chi connectivity index (χ0v) is 17.9. The molecule has 9 heteroatoms. The predicted octanol–water partition coefficient (Wildman–Crippen LogP) is 2.26. The summed E-state index contributed by atoms with van der Waals surface area (Å²) in [5.74, 6) is -0.213. The first-order valence-corrected chi connectivity index (χ1v) is 9.64. The average Bonchev–Trinajstić information content (AvgIpc) is 2.75. The lowest BCUT2D eigenvalue weighted by atomic mass is 10.1. The minimum Gasteiger partial charge on any atom is -0.497 e. The van der Waals surface area contributed by atoms with Crippen LogP contribution in [0.15, 0.2) is 48.5 Å². The zero-order chi connectivity index (χ0) is 23.6. The van der Waals surface area contributed by atoms with E-state index in [-0.39, 0.29) is 5.91 Å². The van der Waals surface area contributed by atoms with E-state index in [0.717, 1.165) is 30.6 Å². The van der Waals surface area contributed by atoms with Crippen molar-refractivity contribution in [1.29, 1.82) is 0 Å². The van der Waals surface area contributed by atoms with Gasteiger partial charge in [0.25, 0.3) is 0 Å². The Balaban J connectivity index is 0.000000441. The Morgan fingerprint density at radius 3 is 2.10 bits per heavy atom. The number of nitrogens with one attached hydrogen (secondary N) is 1. The van der Waals surface area contributed by atoms with Gasteiger partial charge in [-0.05, 0) is 67.9 Å². The number of amides is 1. The van der Waals surface area contributed by atoms with Gasteiger partial charge in [-0.15, -0.1) is 0 Å². The summed E-state index contributed by atoms with van der Waals surface area (Å²) in [5, 5.41) is 10.9. The number of carbonyl (C=O) groups excluding carboxylic acids is 2. The lowest BCUT2D eigenvalue weighted by Crippen LogP contribution is -2.29. The molecule has 2 aromatic rings. The molecule has 0 aliphatic heterocycles. The molecule has 0 saturated carbocycles. The molecule has 0 aromatic heterocycles. The Kier molecular flexibility index (Phi) is 14.6. The number of carboxylic acid groups (broad SMARTS) is 1. The molecule has 0 unspecified atom stereocenters. The smallest absolute Gasteiger partial charge is 0.320 e. The SMILES string of the molecule is CC(=O)Nc1ccc(C=O)cc1.COc1ccc(N)cc1.NCCCC[C@H](N)C(=O)O. The number of benzene rings is 2. The molecule has 1 atom stereocenters. The standard InChI is InChI=1S/C9H9NO2.C7H9NO.C6H14N2O2/c1-7(12)10-9-4-2-8(6-11)3-5-9;1-9-7-4-2-6(8)3-5-7;7-4-2-1-3-5(8)6(9)10/h2-6H,1H3,(H,10,12);2-5H,8H2,1H3;5H,1-4,7-8H2,(H,9,10)/t;;5-/m..0/s1. The number of rotatable bonds is 8. The highest BCUT2D eigenvalue weighted by Gasteiger charge is 2.09. The monoisotopic (exact) mass is 432 g/mol. The normalized spacial score (nSPS) is 10.3. The third kappa shape index (κ3) is 14.2. The van der Waals surface area contributed by atoms with E-state index in [1.54, 1.807) is 43.5 Å². The van der Waals surface area contributed by atoms with Crippen LogP contribution >= 0.6 is 0 Å². The molecule has 9 nitrogen and oxygen atoms in total. The topological polar surface area (TPSA) is 171 Å². The number of nitrogen functional groups attached to an aromatic ring is 1. The average molecular weight is 433 g/mol. The third-order valence-corrected chi connectivity index (χ3v) is 3.77. The van der Waals surface area contributed by atoms with Gasteiger partial charge in [0.05, 0.1) is 7.11 Å². The van der Waals surface area contributed by atoms with Crippen molar-refractivity contribution in [3.05, 3.63) is 54.1 Å². The van der Waals surface area contributed by atoms with Gasteiger partial charge >= 0.3 is 5.97 Å². The van der Waals surface area contributed by atoms with Gasteiger partial charge in [0.1, 0.15) is 18.1 Å². The first-order valence-electron chi connectivity index (χ1n) is 9.64. The summed E-state index contributed by atoms with van der Waals surface area (Å²) < 4.78 is 4.91. The number of aliphatic carboxylic acids is 1. The van der Waals surface area contributed by atoms with Gasteiger partial charge in [0.2, 0.25) is 5.91 Å². The van der Waals surface area contributed by atoms with Crippen LogP contribution in [0, 0.1) is 0 Å². The van der Waals surface area contributed by atoms with Crippen LogP contribution in [0.3, 0.4) is 0 Å². The Hall–Kier alpha value is -3.43. The lowest BCUT2D eigenvalue weighted by Gasteiger charge is -2.03. The van der Waals surface area contributed by atoms with Crippen molar-refractivity contribution in [2.24, 2.45) is 11.5 Å². The van der Waals surface area contributed by atoms with Crippen molar-refractivity contribution in [2.45, 2.75) is 32.2 Å². The minimum atomic E-state index is -0.933. The van der Waals surface area contributed by atoms with Gasteiger partial charge in [-0.2, -0.15) is 0 Å². The van der Waals surface area contributed by atoms with Crippen LogP contribution in [-0.4, -0.2) is 43.0 Å². The summed E-state index contributed by atoms with van der Waals surface area (Å²) in [7, 11) is 1.63. The highest BCUT2D eigenvalue weighted by molar-refractivity contribution is 5.89. The fourth-order valence-corrected chi connectivity index (χ4v) is 2.08. The molecule has 31 heavy (non-hydrogen) atoms. The molecule has 2 rings (SSSR count). The molecule has 1 amide bonds. The minimum absolute atomic E-state index is 0.117. The Morgan fingerprint density at radius 2 is 1.68 bits per heavy atom. The molecule has 0 aliphatic carbocycles. The molecule has 0 fully saturated rings. The molecule has 0 heterocycles. The van der Waals surface area contributed by atoms with Gasteiger partial charge < -0.3 is 32.4 Å². The molecular weight excluding hydrogens is 400 g/mol. The van der Waals surface area contributed by atoms with Crippen LogP contribution in [0.5, 0.6) is 5.75 Å². The summed E-state index contributed by atoms with van der Waals surface area (Å²) in [4.78, 5) is 31.0. The van der Waals surface area contributed by atoms with Crippen LogP contribution in [0.25, 0.3) is 0 Å². The maximum Gasteiger partial charge on any atom is 0.320 e. The summed E-state index contributed by atoms with van der Waals surface area (Å²) >= 11 is 0. The fourth-order valence-electron chi connectivity index (χ4n) is 2.08. The molecule has 0 spiro atoms. The number of ether oxygens (including phenoxy) is 1. The van der Waals surface area contributed by atoms with E-state index in [0.29, 0.717) is 24.2 Å². The third-order valence-electron chi connectivity index (χ3n) is 3.77. The van der Waals surface area contributed by atoms with Crippen LogP contribution in [-0.2, 0) is 9.59 Å². The molecule has 0 bridgehead atoms. The number of anilines is 2. The fraction of sp³-hybridized carbons (Fsp3) is 0.318. The van der Waals surface area contributed by atoms with Crippen molar-refractivity contribution in [3.8, 4) is 5.75 Å². The maximum absolute atomic E-state index is 10.6. The van der Waals surface area contributed by atoms with Crippen LogP contribution < -0.4 is 27.3 Å². The number of nitrogens with two attached hydrogens (primary N) is 3. The van der Waals surface area contributed by atoms with Crippen molar-refractivity contribution >= 4 is 29.5 Å². The second kappa shape index (κ2) is 16.4. The zero-order valence-electron chi connectivity index (χ0n) is 17.9. The predicted molar refractivity (Wildman–Crippen MR) is 122 cm³/mol. The van der Waals surface area contributed by atoms with Crippen molar-refractivity contribution in [3.63, 3.8) is 0 Å². The molecule has 0 radical (unpaired) electrons. The molecule has 2 aromatic carbocycles. The lowest BCUT2D eigenvalue weighted by molar-refractivity contribution is -0.138.